The molecule has 0 spiro atoms. The van der Waals surface area contributed by atoms with E-state index in [0.717, 1.165) is 26.1 Å². The molecular formula is C20H32N2O3. The summed E-state index contributed by atoms with van der Waals surface area (Å²) in [7, 11) is 0. The number of carbonyl (C=O) groups excluding carboxylic acids is 1. The van der Waals surface area contributed by atoms with E-state index in [1.807, 2.05) is 35.2 Å². The molecule has 1 saturated heterocycles. The van der Waals surface area contributed by atoms with E-state index < -0.39 is 0 Å². The van der Waals surface area contributed by atoms with Gasteiger partial charge in [-0.15, -0.1) is 0 Å². The van der Waals surface area contributed by atoms with Crippen molar-refractivity contribution in [3.63, 3.8) is 0 Å². The molecule has 1 N–H and O–H groups in total. The molecule has 1 heterocycles. The zero-order chi connectivity index (χ0) is 18.2. The summed E-state index contributed by atoms with van der Waals surface area (Å²) in [5, 5.41) is 9.96. The molecule has 0 aliphatic carbocycles. The van der Waals surface area contributed by atoms with Gasteiger partial charge in [0.05, 0.1) is 12.6 Å². The van der Waals surface area contributed by atoms with Crippen LogP contribution in [-0.4, -0.2) is 66.2 Å². The molecule has 5 nitrogen and oxygen atoms in total. The molecule has 1 amide bonds. The lowest BCUT2D eigenvalue weighted by Gasteiger charge is -2.30. The molecule has 5 heteroatoms. The van der Waals surface area contributed by atoms with Gasteiger partial charge in [0.1, 0.15) is 5.75 Å². The number of hydrogen-bond acceptors (Lipinski definition) is 4. The Morgan fingerprint density at radius 2 is 1.92 bits per heavy atom. The lowest BCUT2D eigenvalue weighted by Crippen LogP contribution is -2.45. The summed E-state index contributed by atoms with van der Waals surface area (Å²) in [5.41, 5.74) is 0. The first-order valence-corrected chi connectivity index (χ1v) is 9.45. The number of likely N-dealkylation sites (tertiary alicyclic amines) is 1. The van der Waals surface area contributed by atoms with Crippen LogP contribution in [0.1, 0.15) is 27.2 Å². The molecular weight excluding hydrogens is 316 g/mol. The third kappa shape index (κ3) is 4.95. The summed E-state index contributed by atoms with van der Waals surface area (Å²) < 4.78 is 5.62. The highest BCUT2D eigenvalue weighted by molar-refractivity contribution is 5.78. The Balaban J connectivity index is 2.02. The number of carbonyl (C=O) groups is 1. The smallest absolute Gasteiger partial charge is 0.260 e. The van der Waals surface area contributed by atoms with Gasteiger partial charge < -0.3 is 19.6 Å². The molecule has 25 heavy (non-hydrogen) atoms. The molecule has 0 saturated carbocycles. The topological polar surface area (TPSA) is 53.0 Å². The number of aliphatic hydroxyl groups is 1. The lowest BCUT2D eigenvalue weighted by atomic mass is 9.88. The van der Waals surface area contributed by atoms with E-state index in [2.05, 4.69) is 25.7 Å². The molecule has 0 bridgehead atoms. The third-order valence-electron chi connectivity index (χ3n) is 5.43. The summed E-state index contributed by atoms with van der Waals surface area (Å²) in [4.78, 5) is 16.9. The Morgan fingerprint density at radius 3 is 2.48 bits per heavy atom. The average Bonchev–Trinajstić information content (AvgIpc) is 3.02. The number of rotatable bonds is 9. The predicted octanol–water partition coefficient (Wildman–Crippen LogP) is 2.25. The maximum absolute atomic E-state index is 12.7. The van der Waals surface area contributed by atoms with Crippen LogP contribution >= 0.6 is 0 Å². The number of amides is 1. The summed E-state index contributed by atoms with van der Waals surface area (Å²) in [6.07, 6.45) is 1.02. The first kappa shape index (κ1) is 19.7. The van der Waals surface area contributed by atoms with Gasteiger partial charge in [0.2, 0.25) is 0 Å². The molecule has 0 radical (unpaired) electrons. The van der Waals surface area contributed by atoms with Crippen molar-refractivity contribution < 1.29 is 14.6 Å². The van der Waals surface area contributed by atoms with Crippen molar-refractivity contribution in [2.45, 2.75) is 33.2 Å². The Hall–Kier alpha value is -1.59. The van der Waals surface area contributed by atoms with Crippen molar-refractivity contribution in [3.8, 4) is 5.75 Å². The Morgan fingerprint density at radius 1 is 1.24 bits per heavy atom. The van der Waals surface area contributed by atoms with Gasteiger partial charge in [-0.05, 0) is 37.1 Å². The van der Waals surface area contributed by atoms with Gasteiger partial charge in [-0.25, -0.2) is 0 Å². The van der Waals surface area contributed by atoms with Gasteiger partial charge in [-0.1, -0.05) is 45.4 Å². The summed E-state index contributed by atoms with van der Waals surface area (Å²) in [6, 6.07) is 9.27. The highest BCUT2D eigenvalue weighted by Crippen LogP contribution is 2.33. The summed E-state index contributed by atoms with van der Waals surface area (Å²) in [5.74, 6) is 1.40. The van der Waals surface area contributed by atoms with Crippen molar-refractivity contribution in [2.75, 3.05) is 39.4 Å². The zero-order valence-corrected chi connectivity index (χ0v) is 15.7. The first-order chi connectivity index (χ1) is 12.1. The number of benzene rings is 1. The van der Waals surface area contributed by atoms with Gasteiger partial charge in [0.25, 0.3) is 5.91 Å². The zero-order valence-electron chi connectivity index (χ0n) is 15.7. The summed E-state index contributed by atoms with van der Waals surface area (Å²) in [6.45, 7) is 10.1. The minimum Gasteiger partial charge on any atom is -0.484 e. The molecule has 1 aromatic rings. The van der Waals surface area contributed by atoms with E-state index >= 15 is 0 Å². The van der Waals surface area contributed by atoms with Crippen LogP contribution < -0.4 is 4.74 Å². The second-order valence-corrected chi connectivity index (χ2v) is 6.72. The standard InChI is InChI=1S/C20H32N2O3/c1-4-16-12-22(19(14-23)18(16)13-21(5-2)6-3)20(24)15-25-17-10-8-7-9-11-17/h7-11,16,18-19,23H,4-6,12-15H2,1-3H3/t16-,18-,19-/m1/s1. The fourth-order valence-electron chi connectivity index (χ4n) is 3.82. The summed E-state index contributed by atoms with van der Waals surface area (Å²) >= 11 is 0. The second-order valence-electron chi connectivity index (χ2n) is 6.72. The molecule has 0 aromatic heterocycles. The molecule has 2 rings (SSSR count). The van der Waals surface area contributed by atoms with Gasteiger partial charge in [0, 0.05) is 13.1 Å². The Bertz CT molecular complexity index is 519. The van der Waals surface area contributed by atoms with Gasteiger partial charge >= 0.3 is 0 Å². The SMILES string of the molecule is CC[C@@H]1CN(C(=O)COc2ccccc2)[C@H](CO)[C@@H]1CN(CC)CC. The van der Waals surface area contributed by atoms with Crippen LogP contribution in [0.4, 0.5) is 0 Å². The van der Waals surface area contributed by atoms with E-state index in [0.29, 0.717) is 24.1 Å². The molecule has 3 atom stereocenters. The van der Waals surface area contributed by atoms with Crippen LogP contribution in [0.2, 0.25) is 0 Å². The van der Waals surface area contributed by atoms with E-state index in [4.69, 9.17) is 4.74 Å². The van der Waals surface area contributed by atoms with Crippen LogP contribution in [0.15, 0.2) is 30.3 Å². The normalized spacial score (nSPS) is 23.2. The van der Waals surface area contributed by atoms with Crippen molar-refractivity contribution in [3.05, 3.63) is 30.3 Å². The Labute approximate surface area is 151 Å². The maximum atomic E-state index is 12.7. The predicted molar refractivity (Wildman–Crippen MR) is 99.6 cm³/mol. The van der Waals surface area contributed by atoms with E-state index in [9.17, 15) is 9.90 Å². The highest BCUT2D eigenvalue weighted by Gasteiger charge is 2.43. The van der Waals surface area contributed by atoms with Crippen LogP contribution in [0.5, 0.6) is 5.75 Å². The second kappa shape index (κ2) is 9.78. The molecule has 1 aliphatic rings. The van der Waals surface area contributed by atoms with E-state index in [1.165, 1.54) is 0 Å². The van der Waals surface area contributed by atoms with E-state index in [-0.39, 0.29) is 25.2 Å². The monoisotopic (exact) mass is 348 g/mol. The average molecular weight is 348 g/mol. The van der Waals surface area contributed by atoms with Crippen LogP contribution in [0, 0.1) is 11.8 Å². The quantitative estimate of drug-likeness (QED) is 0.744. The molecule has 1 aliphatic heterocycles. The van der Waals surface area contributed by atoms with Gasteiger partial charge in [-0.2, -0.15) is 0 Å². The number of aliphatic hydroxyl groups excluding tert-OH is 1. The van der Waals surface area contributed by atoms with Gasteiger partial charge in [0.15, 0.2) is 6.61 Å². The third-order valence-corrected chi connectivity index (χ3v) is 5.43. The minimum absolute atomic E-state index is 0.0134. The number of nitrogens with zero attached hydrogens (tertiary/aromatic N) is 2. The van der Waals surface area contributed by atoms with Crippen LogP contribution in [-0.2, 0) is 4.79 Å². The number of para-hydroxylation sites is 1. The van der Waals surface area contributed by atoms with Crippen molar-refractivity contribution in [1.82, 2.24) is 9.80 Å². The molecule has 0 unspecified atom stereocenters. The fraction of sp³-hybridized carbons (Fsp3) is 0.650. The number of hydrogen-bond donors (Lipinski definition) is 1. The van der Waals surface area contributed by atoms with Crippen molar-refractivity contribution in [2.24, 2.45) is 11.8 Å². The van der Waals surface area contributed by atoms with Crippen molar-refractivity contribution in [1.29, 1.82) is 0 Å². The van der Waals surface area contributed by atoms with Crippen LogP contribution in [0.3, 0.4) is 0 Å². The van der Waals surface area contributed by atoms with Crippen molar-refractivity contribution >= 4 is 5.91 Å². The van der Waals surface area contributed by atoms with Crippen LogP contribution in [0.25, 0.3) is 0 Å². The lowest BCUT2D eigenvalue weighted by molar-refractivity contribution is -0.135. The fourth-order valence-corrected chi connectivity index (χ4v) is 3.82. The molecule has 1 aromatic carbocycles. The highest BCUT2D eigenvalue weighted by atomic mass is 16.5. The van der Waals surface area contributed by atoms with E-state index in [1.54, 1.807) is 0 Å². The maximum Gasteiger partial charge on any atom is 0.260 e. The molecule has 140 valence electrons. The first-order valence-electron chi connectivity index (χ1n) is 9.45. The number of ether oxygens (including phenoxy) is 1. The van der Waals surface area contributed by atoms with Gasteiger partial charge in [-0.3, -0.25) is 4.79 Å². The Kier molecular flexibility index (Phi) is 7.72. The largest absolute Gasteiger partial charge is 0.484 e. The minimum atomic E-state index is -0.113. The molecule has 1 fully saturated rings.